The SMILES string of the molecule is CCCC1(OC)CCN(C(C)(C)C)CC1. The van der Waals surface area contributed by atoms with E-state index in [2.05, 4.69) is 32.6 Å². The van der Waals surface area contributed by atoms with Gasteiger partial charge in [-0.25, -0.2) is 0 Å². The van der Waals surface area contributed by atoms with Crippen molar-refractivity contribution in [1.29, 1.82) is 0 Å². The quantitative estimate of drug-likeness (QED) is 0.714. The minimum absolute atomic E-state index is 0.177. The average molecular weight is 213 g/mol. The molecule has 1 aliphatic rings. The lowest BCUT2D eigenvalue weighted by atomic mass is 9.85. The molecule has 1 aliphatic heterocycles. The number of hydrogen-bond acceptors (Lipinski definition) is 2. The molecule has 0 radical (unpaired) electrons. The lowest BCUT2D eigenvalue weighted by Crippen LogP contribution is -2.52. The third-order valence-corrected chi connectivity index (χ3v) is 3.76. The van der Waals surface area contributed by atoms with Crippen LogP contribution in [0.5, 0.6) is 0 Å². The Bertz CT molecular complexity index is 187. The first-order valence-corrected chi connectivity index (χ1v) is 6.24. The minimum atomic E-state index is 0.177. The molecular formula is C13H27NO. The highest BCUT2D eigenvalue weighted by Gasteiger charge is 2.36. The van der Waals surface area contributed by atoms with Gasteiger partial charge in [0, 0.05) is 25.7 Å². The first-order valence-electron chi connectivity index (χ1n) is 6.24. The fourth-order valence-electron chi connectivity index (χ4n) is 2.60. The third-order valence-electron chi connectivity index (χ3n) is 3.76. The van der Waals surface area contributed by atoms with Crippen LogP contribution in [0.4, 0.5) is 0 Å². The van der Waals surface area contributed by atoms with Gasteiger partial charge >= 0.3 is 0 Å². The van der Waals surface area contributed by atoms with Gasteiger partial charge < -0.3 is 4.74 Å². The van der Waals surface area contributed by atoms with Crippen LogP contribution in [0.2, 0.25) is 0 Å². The number of rotatable bonds is 3. The van der Waals surface area contributed by atoms with Gasteiger partial charge in [0.2, 0.25) is 0 Å². The zero-order valence-corrected chi connectivity index (χ0v) is 11.1. The van der Waals surface area contributed by atoms with E-state index in [-0.39, 0.29) is 5.60 Å². The Balaban J connectivity index is 2.53. The maximum atomic E-state index is 5.75. The molecule has 0 atom stereocenters. The van der Waals surface area contributed by atoms with E-state index >= 15 is 0 Å². The molecule has 1 saturated heterocycles. The summed E-state index contributed by atoms with van der Waals surface area (Å²) in [5, 5.41) is 0. The van der Waals surface area contributed by atoms with Crippen molar-refractivity contribution in [2.75, 3.05) is 20.2 Å². The van der Waals surface area contributed by atoms with Gasteiger partial charge in [0.15, 0.2) is 0 Å². The molecule has 2 heteroatoms. The van der Waals surface area contributed by atoms with Crippen molar-refractivity contribution in [1.82, 2.24) is 4.90 Å². The molecule has 0 bridgehead atoms. The van der Waals surface area contributed by atoms with Gasteiger partial charge in [0.05, 0.1) is 5.60 Å². The van der Waals surface area contributed by atoms with Crippen molar-refractivity contribution in [2.24, 2.45) is 0 Å². The van der Waals surface area contributed by atoms with Crippen molar-refractivity contribution in [3.8, 4) is 0 Å². The van der Waals surface area contributed by atoms with E-state index in [0.717, 1.165) is 0 Å². The van der Waals surface area contributed by atoms with Gasteiger partial charge in [0.1, 0.15) is 0 Å². The number of piperidine rings is 1. The van der Waals surface area contributed by atoms with Crippen LogP contribution in [0.3, 0.4) is 0 Å². The fraction of sp³-hybridized carbons (Fsp3) is 1.00. The molecule has 0 unspecified atom stereocenters. The molecule has 15 heavy (non-hydrogen) atoms. The summed E-state index contributed by atoms with van der Waals surface area (Å²) in [4.78, 5) is 2.57. The fourth-order valence-corrected chi connectivity index (χ4v) is 2.60. The van der Waals surface area contributed by atoms with Crippen molar-refractivity contribution in [3.05, 3.63) is 0 Å². The van der Waals surface area contributed by atoms with Crippen LogP contribution >= 0.6 is 0 Å². The summed E-state index contributed by atoms with van der Waals surface area (Å²) < 4.78 is 5.75. The summed E-state index contributed by atoms with van der Waals surface area (Å²) in [6, 6.07) is 0. The van der Waals surface area contributed by atoms with Crippen molar-refractivity contribution in [2.45, 2.75) is 64.5 Å². The Hall–Kier alpha value is -0.0800. The first kappa shape index (κ1) is 13.0. The summed E-state index contributed by atoms with van der Waals surface area (Å²) in [7, 11) is 1.88. The summed E-state index contributed by atoms with van der Waals surface area (Å²) in [5.74, 6) is 0. The predicted octanol–water partition coefficient (Wildman–Crippen LogP) is 3.07. The second-order valence-corrected chi connectivity index (χ2v) is 5.80. The minimum Gasteiger partial charge on any atom is -0.378 e. The molecule has 0 aromatic rings. The van der Waals surface area contributed by atoms with Crippen LogP contribution in [-0.4, -0.2) is 36.2 Å². The highest BCUT2D eigenvalue weighted by atomic mass is 16.5. The maximum absolute atomic E-state index is 5.75. The molecule has 1 rings (SSSR count). The van der Waals surface area contributed by atoms with Crippen LogP contribution in [0.1, 0.15) is 53.4 Å². The predicted molar refractivity (Wildman–Crippen MR) is 65.2 cm³/mol. The number of hydrogen-bond donors (Lipinski definition) is 0. The highest BCUT2D eigenvalue weighted by Crippen LogP contribution is 2.32. The molecule has 0 saturated carbocycles. The molecule has 0 aromatic carbocycles. The van der Waals surface area contributed by atoms with E-state index in [4.69, 9.17) is 4.74 Å². The van der Waals surface area contributed by atoms with Crippen LogP contribution in [-0.2, 0) is 4.74 Å². The Labute approximate surface area is 95.0 Å². The molecular weight excluding hydrogens is 186 g/mol. The van der Waals surface area contributed by atoms with E-state index in [9.17, 15) is 0 Å². The number of nitrogens with zero attached hydrogens (tertiary/aromatic N) is 1. The highest BCUT2D eigenvalue weighted by molar-refractivity contribution is 4.90. The van der Waals surface area contributed by atoms with Gasteiger partial charge in [-0.3, -0.25) is 4.90 Å². The first-order chi connectivity index (χ1) is 6.93. The molecule has 1 fully saturated rings. The van der Waals surface area contributed by atoms with Crippen LogP contribution in [0.15, 0.2) is 0 Å². The zero-order chi connectivity index (χ0) is 11.5. The largest absolute Gasteiger partial charge is 0.378 e. The van der Waals surface area contributed by atoms with E-state index in [1.54, 1.807) is 0 Å². The maximum Gasteiger partial charge on any atom is 0.0703 e. The Morgan fingerprint density at radius 1 is 1.20 bits per heavy atom. The standard InChI is InChI=1S/C13H27NO/c1-6-7-13(15-5)8-10-14(11-9-13)12(2,3)4/h6-11H2,1-5H3. The molecule has 0 N–H and O–H groups in total. The molecule has 1 heterocycles. The monoisotopic (exact) mass is 213 g/mol. The summed E-state index contributed by atoms with van der Waals surface area (Å²) in [6.07, 6.45) is 4.81. The molecule has 0 aromatic heterocycles. The second-order valence-electron chi connectivity index (χ2n) is 5.80. The van der Waals surface area contributed by atoms with Gasteiger partial charge in [-0.1, -0.05) is 13.3 Å². The summed E-state index contributed by atoms with van der Waals surface area (Å²) >= 11 is 0. The van der Waals surface area contributed by atoms with Crippen LogP contribution < -0.4 is 0 Å². The van der Waals surface area contributed by atoms with Gasteiger partial charge in [-0.15, -0.1) is 0 Å². The average Bonchev–Trinajstić information content (AvgIpc) is 2.17. The van der Waals surface area contributed by atoms with Crippen LogP contribution in [0.25, 0.3) is 0 Å². The molecule has 0 spiro atoms. The van der Waals surface area contributed by atoms with Crippen molar-refractivity contribution >= 4 is 0 Å². The zero-order valence-electron chi connectivity index (χ0n) is 11.1. The number of methoxy groups -OCH3 is 1. The Morgan fingerprint density at radius 3 is 2.07 bits per heavy atom. The van der Waals surface area contributed by atoms with Gasteiger partial charge in [0.25, 0.3) is 0 Å². The van der Waals surface area contributed by atoms with Crippen molar-refractivity contribution < 1.29 is 4.74 Å². The lowest BCUT2D eigenvalue weighted by molar-refractivity contribution is -0.0764. The third kappa shape index (κ3) is 3.18. The van der Waals surface area contributed by atoms with E-state index in [1.807, 2.05) is 7.11 Å². The summed E-state index contributed by atoms with van der Waals surface area (Å²) in [5.41, 5.74) is 0.489. The van der Waals surface area contributed by atoms with Gasteiger partial charge in [-0.2, -0.15) is 0 Å². The second kappa shape index (κ2) is 4.84. The Morgan fingerprint density at radius 2 is 1.73 bits per heavy atom. The molecule has 2 nitrogen and oxygen atoms in total. The van der Waals surface area contributed by atoms with E-state index in [1.165, 1.54) is 38.8 Å². The topological polar surface area (TPSA) is 12.5 Å². The number of ether oxygens (including phenoxy) is 1. The van der Waals surface area contributed by atoms with Crippen molar-refractivity contribution in [3.63, 3.8) is 0 Å². The molecule has 0 amide bonds. The van der Waals surface area contributed by atoms with Gasteiger partial charge in [-0.05, 0) is 40.0 Å². The normalized spacial score (nSPS) is 23.0. The van der Waals surface area contributed by atoms with Crippen LogP contribution in [0, 0.1) is 0 Å². The smallest absolute Gasteiger partial charge is 0.0703 e. The van der Waals surface area contributed by atoms with E-state index in [0.29, 0.717) is 5.54 Å². The Kier molecular flexibility index (Phi) is 4.19. The summed E-state index contributed by atoms with van der Waals surface area (Å²) in [6.45, 7) is 11.5. The van der Waals surface area contributed by atoms with E-state index < -0.39 is 0 Å². The number of likely N-dealkylation sites (tertiary alicyclic amines) is 1. The molecule has 90 valence electrons. The molecule has 0 aliphatic carbocycles. The lowest BCUT2D eigenvalue weighted by Gasteiger charge is -2.46.